The summed E-state index contributed by atoms with van der Waals surface area (Å²) in [4.78, 5) is 11.1. The van der Waals surface area contributed by atoms with Gasteiger partial charge in [0.25, 0.3) is 0 Å². The maximum Gasteiger partial charge on any atom is 0.307 e. The van der Waals surface area contributed by atoms with Crippen molar-refractivity contribution in [1.82, 2.24) is 0 Å². The standard InChI is InChI=1S/C28H26F2O6/c1-33-12-13-34-25-9-6-18(14-23(25)30)36-24-11-8-22(29)27-19(24)7-10-26(27)35-17-4-2-16(3-5-17)20-15-21(20)28(31)32/h2-6,8-9,11,14,20-21,26H,7,10,12-13,15H2,1H3,(H,31,32). The number of methoxy groups -OCH3 is 1. The molecule has 2 aliphatic carbocycles. The zero-order chi connectivity index (χ0) is 25.2. The van der Waals surface area contributed by atoms with E-state index in [1.807, 2.05) is 12.1 Å². The predicted octanol–water partition coefficient (Wildman–Crippen LogP) is 6.04. The normalized spacial score (nSPS) is 20.0. The lowest BCUT2D eigenvalue weighted by Gasteiger charge is -2.17. The van der Waals surface area contributed by atoms with Gasteiger partial charge in [0.1, 0.15) is 35.8 Å². The lowest BCUT2D eigenvalue weighted by atomic mass is 10.1. The average Bonchev–Trinajstić information content (AvgIpc) is 3.56. The smallest absolute Gasteiger partial charge is 0.307 e. The first-order valence-corrected chi connectivity index (χ1v) is 11.8. The van der Waals surface area contributed by atoms with Crippen LogP contribution in [-0.4, -0.2) is 31.4 Å². The van der Waals surface area contributed by atoms with Crippen LogP contribution in [0.15, 0.2) is 54.6 Å². The van der Waals surface area contributed by atoms with Crippen LogP contribution in [0.25, 0.3) is 0 Å². The fourth-order valence-electron chi connectivity index (χ4n) is 4.67. The monoisotopic (exact) mass is 496 g/mol. The van der Waals surface area contributed by atoms with Gasteiger partial charge in [0.05, 0.1) is 12.5 Å². The van der Waals surface area contributed by atoms with Crippen molar-refractivity contribution in [2.24, 2.45) is 5.92 Å². The molecule has 3 atom stereocenters. The molecule has 0 heterocycles. The molecule has 0 spiro atoms. The van der Waals surface area contributed by atoms with Crippen molar-refractivity contribution in [3.63, 3.8) is 0 Å². The van der Waals surface area contributed by atoms with Gasteiger partial charge in [-0.2, -0.15) is 0 Å². The van der Waals surface area contributed by atoms with Crippen LogP contribution in [0.1, 0.15) is 41.6 Å². The number of aliphatic carboxylic acids is 1. The Labute approximate surface area is 207 Å². The van der Waals surface area contributed by atoms with Gasteiger partial charge in [-0.05, 0) is 67.1 Å². The third-order valence-corrected chi connectivity index (χ3v) is 6.61. The molecule has 1 saturated carbocycles. The van der Waals surface area contributed by atoms with Crippen LogP contribution in [0.5, 0.6) is 23.0 Å². The molecule has 3 aromatic carbocycles. The fraction of sp³-hybridized carbons (Fsp3) is 0.321. The van der Waals surface area contributed by atoms with E-state index in [1.165, 1.54) is 25.3 Å². The summed E-state index contributed by atoms with van der Waals surface area (Å²) in [6.45, 7) is 0.575. The zero-order valence-electron chi connectivity index (χ0n) is 19.7. The summed E-state index contributed by atoms with van der Waals surface area (Å²) in [6, 6.07) is 14.5. The van der Waals surface area contributed by atoms with Crippen LogP contribution < -0.4 is 14.2 Å². The zero-order valence-corrected chi connectivity index (χ0v) is 19.7. The van der Waals surface area contributed by atoms with Gasteiger partial charge < -0.3 is 24.1 Å². The third kappa shape index (κ3) is 4.99. The van der Waals surface area contributed by atoms with E-state index in [1.54, 1.807) is 24.3 Å². The summed E-state index contributed by atoms with van der Waals surface area (Å²) in [5.41, 5.74) is 2.09. The minimum absolute atomic E-state index is 0.0386. The van der Waals surface area contributed by atoms with Gasteiger partial charge in [0.15, 0.2) is 11.6 Å². The topological polar surface area (TPSA) is 74.2 Å². The van der Waals surface area contributed by atoms with E-state index in [0.29, 0.717) is 48.5 Å². The second kappa shape index (κ2) is 10.1. The van der Waals surface area contributed by atoms with Gasteiger partial charge >= 0.3 is 5.97 Å². The van der Waals surface area contributed by atoms with Crippen LogP contribution >= 0.6 is 0 Å². The van der Waals surface area contributed by atoms with Crippen LogP contribution in [0, 0.1) is 17.6 Å². The molecule has 1 fully saturated rings. The van der Waals surface area contributed by atoms with E-state index in [4.69, 9.17) is 24.1 Å². The lowest BCUT2D eigenvalue weighted by molar-refractivity contribution is -0.138. The van der Waals surface area contributed by atoms with Crippen molar-refractivity contribution < 1.29 is 37.6 Å². The Balaban J connectivity index is 1.28. The Kier molecular flexibility index (Phi) is 6.78. The summed E-state index contributed by atoms with van der Waals surface area (Å²) in [6.07, 6.45) is 1.27. The van der Waals surface area contributed by atoms with Crippen LogP contribution in [0.2, 0.25) is 0 Å². The molecule has 2 aliphatic rings. The van der Waals surface area contributed by atoms with E-state index in [2.05, 4.69) is 0 Å². The number of hydrogen-bond donors (Lipinski definition) is 1. The summed E-state index contributed by atoms with van der Waals surface area (Å²) < 4.78 is 51.5. The van der Waals surface area contributed by atoms with Crippen molar-refractivity contribution in [3.05, 3.63) is 82.9 Å². The van der Waals surface area contributed by atoms with Crippen molar-refractivity contribution in [2.45, 2.75) is 31.3 Å². The molecule has 0 bridgehead atoms. The van der Waals surface area contributed by atoms with Gasteiger partial charge in [0, 0.05) is 24.3 Å². The van der Waals surface area contributed by atoms with Gasteiger partial charge in [-0.1, -0.05) is 12.1 Å². The number of ether oxygens (including phenoxy) is 4. The molecule has 8 heteroatoms. The van der Waals surface area contributed by atoms with E-state index >= 15 is 0 Å². The van der Waals surface area contributed by atoms with Crippen molar-refractivity contribution in [2.75, 3.05) is 20.3 Å². The van der Waals surface area contributed by atoms with E-state index in [-0.39, 0.29) is 35.8 Å². The Hall–Kier alpha value is -3.65. The molecule has 3 unspecified atom stereocenters. The highest BCUT2D eigenvalue weighted by Crippen LogP contribution is 2.48. The molecular weight excluding hydrogens is 470 g/mol. The van der Waals surface area contributed by atoms with Crippen molar-refractivity contribution in [3.8, 4) is 23.0 Å². The first-order valence-electron chi connectivity index (χ1n) is 11.8. The minimum atomic E-state index is -0.773. The largest absolute Gasteiger partial charge is 0.488 e. The van der Waals surface area contributed by atoms with Gasteiger partial charge in [-0.15, -0.1) is 0 Å². The van der Waals surface area contributed by atoms with E-state index in [0.717, 1.165) is 5.56 Å². The molecule has 0 aliphatic heterocycles. The average molecular weight is 497 g/mol. The first kappa shape index (κ1) is 24.1. The second-order valence-corrected chi connectivity index (χ2v) is 8.97. The highest BCUT2D eigenvalue weighted by molar-refractivity contribution is 5.75. The molecular formula is C28H26F2O6. The number of carboxylic acids is 1. The SMILES string of the molecule is COCCOc1ccc(Oc2ccc(F)c3c2CCC3Oc2ccc(C3CC3C(=O)O)cc2)cc1F. The number of carboxylic acid groups (broad SMARTS) is 1. The number of halogens is 2. The summed E-state index contributed by atoms with van der Waals surface area (Å²) in [7, 11) is 1.54. The first-order chi connectivity index (χ1) is 17.4. The van der Waals surface area contributed by atoms with Crippen LogP contribution in [0.3, 0.4) is 0 Å². The van der Waals surface area contributed by atoms with Crippen molar-refractivity contribution in [1.29, 1.82) is 0 Å². The molecule has 1 N–H and O–H groups in total. The Bertz CT molecular complexity index is 1260. The number of rotatable bonds is 10. The predicted molar refractivity (Wildman–Crippen MR) is 127 cm³/mol. The molecule has 188 valence electrons. The Morgan fingerprint density at radius 1 is 0.972 bits per heavy atom. The molecule has 36 heavy (non-hydrogen) atoms. The summed E-state index contributed by atoms with van der Waals surface area (Å²) >= 11 is 0. The van der Waals surface area contributed by atoms with E-state index in [9.17, 15) is 13.6 Å². The Morgan fingerprint density at radius 2 is 1.72 bits per heavy atom. The molecule has 6 nitrogen and oxygen atoms in total. The molecule has 0 saturated heterocycles. The summed E-state index contributed by atoms with van der Waals surface area (Å²) in [5.74, 6) is -0.584. The van der Waals surface area contributed by atoms with Crippen molar-refractivity contribution >= 4 is 5.97 Å². The number of fused-ring (bicyclic) bond motifs is 1. The summed E-state index contributed by atoms with van der Waals surface area (Å²) in [5, 5.41) is 9.13. The van der Waals surface area contributed by atoms with Crippen LogP contribution in [0.4, 0.5) is 8.78 Å². The highest BCUT2D eigenvalue weighted by atomic mass is 19.1. The molecule has 0 amide bonds. The molecule has 0 aromatic heterocycles. The molecule has 3 aromatic rings. The fourth-order valence-corrected chi connectivity index (χ4v) is 4.67. The third-order valence-electron chi connectivity index (χ3n) is 6.61. The minimum Gasteiger partial charge on any atom is -0.488 e. The van der Waals surface area contributed by atoms with Gasteiger partial charge in [-0.25, -0.2) is 8.78 Å². The highest BCUT2D eigenvalue weighted by Gasteiger charge is 2.44. The number of carbonyl (C=O) groups is 1. The quantitative estimate of drug-likeness (QED) is 0.345. The Morgan fingerprint density at radius 3 is 2.42 bits per heavy atom. The number of hydrogen-bond acceptors (Lipinski definition) is 5. The second-order valence-electron chi connectivity index (χ2n) is 8.97. The van der Waals surface area contributed by atoms with Crippen LogP contribution in [-0.2, 0) is 16.0 Å². The maximum atomic E-state index is 14.8. The van der Waals surface area contributed by atoms with Gasteiger partial charge in [0.2, 0.25) is 0 Å². The maximum absolute atomic E-state index is 14.8. The van der Waals surface area contributed by atoms with E-state index < -0.39 is 17.9 Å². The number of benzene rings is 3. The van der Waals surface area contributed by atoms with Gasteiger partial charge in [-0.3, -0.25) is 4.79 Å². The molecule has 0 radical (unpaired) electrons. The lowest BCUT2D eigenvalue weighted by Crippen LogP contribution is -2.06. The molecule has 5 rings (SSSR count).